The minimum absolute atomic E-state index is 0.0676. The van der Waals surface area contributed by atoms with Gasteiger partial charge in [0.15, 0.2) is 0 Å². The molecule has 0 aliphatic carbocycles. The molecule has 0 saturated carbocycles. The topological polar surface area (TPSA) is 32.3 Å². The second kappa shape index (κ2) is 6.38. The van der Waals surface area contributed by atoms with Gasteiger partial charge in [-0.3, -0.25) is 4.79 Å². The molecule has 0 saturated heterocycles. The average Bonchev–Trinajstić information content (AvgIpc) is 2.29. The standard InChI is InChI=1S/C12H16BrClN2O/c1-8(12(17)16(2)3)15-7-9-4-5-11(14)10(13)6-9/h4-6,8,15H,7H2,1-3H3. The predicted molar refractivity (Wildman–Crippen MR) is 74.1 cm³/mol. The van der Waals surface area contributed by atoms with Crippen molar-refractivity contribution in [2.75, 3.05) is 14.1 Å². The summed E-state index contributed by atoms with van der Waals surface area (Å²) >= 11 is 9.28. The maximum Gasteiger partial charge on any atom is 0.238 e. The summed E-state index contributed by atoms with van der Waals surface area (Å²) in [5.74, 6) is 0.0676. The molecular weight excluding hydrogens is 304 g/mol. The van der Waals surface area contributed by atoms with Gasteiger partial charge < -0.3 is 10.2 Å². The molecular formula is C12H16BrClN2O. The molecule has 94 valence electrons. The van der Waals surface area contributed by atoms with Gasteiger partial charge in [-0.2, -0.15) is 0 Å². The van der Waals surface area contributed by atoms with Gasteiger partial charge in [-0.15, -0.1) is 0 Å². The van der Waals surface area contributed by atoms with Crippen LogP contribution in [0.5, 0.6) is 0 Å². The monoisotopic (exact) mass is 318 g/mol. The molecule has 0 bridgehead atoms. The summed E-state index contributed by atoms with van der Waals surface area (Å²) in [4.78, 5) is 13.2. The van der Waals surface area contributed by atoms with Crippen LogP contribution in [0.1, 0.15) is 12.5 Å². The number of rotatable bonds is 4. The number of hydrogen-bond donors (Lipinski definition) is 1. The van der Waals surface area contributed by atoms with Gasteiger partial charge in [0.2, 0.25) is 5.91 Å². The van der Waals surface area contributed by atoms with Crippen molar-refractivity contribution in [2.24, 2.45) is 0 Å². The lowest BCUT2D eigenvalue weighted by molar-refractivity contribution is -0.130. The lowest BCUT2D eigenvalue weighted by atomic mass is 10.2. The van der Waals surface area contributed by atoms with Crippen molar-refractivity contribution in [3.05, 3.63) is 33.3 Å². The molecule has 1 rings (SSSR count). The Hall–Kier alpha value is -0.580. The van der Waals surface area contributed by atoms with Crippen LogP contribution in [0.3, 0.4) is 0 Å². The molecule has 1 unspecified atom stereocenters. The summed E-state index contributed by atoms with van der Waals surface area (Å²) in [7, 11) is 3.50. The fraction of sp³-hybridized carbons (Fsp3) is 0.417. The SMILES string of the molecule is CC(NCc1ccc(Cl)c(Br)c1)C(=O)N(C)C. The van der Waals surface area contributed by atoms with Crippen molar-refractivity contribution in [3.8, 4) is 0 Å². The molecule has 1 N–H and O–H groups in total. The molecule has 3 nitrogen and oxygen atoms in total. The number of halogens is 2. The second-order valence-electron chi connectivity index (χ2n) is 4.08. The number of benzene rings is 1. The van der Waals surface area contributed by atoms with Crippen LogP contribution in [-0.2, 0) is 11.3 Å². The maximum absolute atomic E-state index is 11.6. The van der Waals surface area contributed by atoms with Crippen molar-refractivity contribution >= 4 is 33.4 Å². The third-order valence-electron chi connectivity index (χ3n) is 2.41. The van der Waals surface area contributed by atoms with Gasteiger partial charge in [-0.25, -0.2) is 0 Å². The average molecular weight is 320 g/mol. The number of hydrogen-bond acceptors (Lipinski definition) is 2. The lowest BCUT2D eigenvalue weighted by Crippen LogP contribution is -2.41. The summed E-state index contributed by atoms with van der Waals surface area (Å²) in [6.07, 6.45) is 0. The van der Waals surface area contributed by atoms with Gasteiger partial charge in [0, 0.05) is 25.1 Å². The highest BCUT2D eigenvalue weighted by Gasteiger charge is 2.13. The summed E-state index contributed by atoms with van der Waals surface area (Å²) in [5, 5.41) is 3.86. The number of amides is 1. The first kappa shape index (κ1) is 14.5. The number of carbonyl (C=O) groups is 1. The van der Waals surface area contributed by atoms with Crippen molar-refractivity contribution < 1.29 is 4.79 Å². The van der Waals surface area contributed by atoms with E-state index in [1.54, 1.807) is 19.0 Å². The fourth-order valence-corrected chi connectivity index (χ4v) is 1.94. The van der Waals surface area contributed by atoms with E-state index < -0.39 is 0 Å². The zero-order valence-corrected chi connectivity index (χ0v) is 12.5. The Balaban J connectivity index is 2.56. The quantitative estimate of drug-likeness (QED) is 0.925. The van der Waals surface area contributed by atoms with Crippen molar-refractivity contribution in [1.82, 2.24) is 10.2 Å². The van der Waals surface area contributed by atoms with Crippen LogP contribution in [0, 0.1) is 0 Å². The molecule has 0 fully saturated rings. The van der Waals surface area contributed by atoms with E-state index in [0.29, 0.717) is 11.6 Å². The van der Waals surface area contributed by atoms with Gasteiger partial charge in [-0.05, 0) is 40.5 Å². The molecule has 17 heavy (non-hydrogen) atoms. The Morgan fingerprint density at radius 3 is 2.71 bits per heavy atom. The number of likely N-dealkylation sites (N-methyl/N-ethyl adjacent to an activating group) is 1. The van der Waals surface area contributed by atoms with E-state index in [0.717, 1.165) is 10.0 Å². The Morgan fingerprint density at radius 2 is 2.18 bits per heavy atom. The zero-order valence-electron chi connectivity index (χ0n) is 10.1. The molecule has 0 aliphatic heterocycles. The molecule has 0 heterocycles. The number of carbonyl (C=O) groups excluding carboxylic acids is 1. The van der Waals surface area contributed by atoms with Gasteiger partial charge in [0.25, 0.3) is 0 Å². The fourth-order valence-electron chi connectivity index (χ4n) is 1.40. The number of nitrogens with one attached hydrogen (secondary N) is 1. The van der Waals surface area contributed by atoms with E-state index in [1.807, 2.05) is 25.1 Å². The first-order valence-electron chi connectivity index (χ1n) is 5.30. The van der Waals surface area contributed by atoms with Gasteiger partial charge in [0.1, 0.15) is 0 Å². The van der Waals surface area contributed by atoms with E-state index in [2.05, 4.69) is 21.2 Å². The van der Waals surface area contributed by atoms with E-state index in [-0.39, 0.29) is 11.9 Å². The van der Waals surface area contributed by atoms with Crippen LogP contribution in [0.4, 0.5) is 0 Å². The predicted octanol–water partition coefficient (Wildman–Crippen LogP) is 2.67. The van der Waals surface area contributed by atoms with Gasteiger partial charge in [-0.1, -0.05) is 17.7 Å². The van der Waals surface area contributed by atoms with Crippen molar-refractivity contribution in [1.29, 1.82) is 0 Å². The van der Waals surface area contributed by atoms with Crippen molar-refractivity contribution in [3.63, 3.8) is 0 Å². The summed E-state index contributed by atoms with van der Waals surface area (Å²) in [6, 6.07) is 5.52. The molecule has 0 spiro atoms. The van der Waals surface area contributed by atoms with Crippen LogP contribution in [0.15, 0.2) is 22.7 Å². The Bertz CT molecular complexity index is 409. The summed E-state index contributed by atoms with van der Waals surface area (Å²) in [6.45, 7) is 2.49. The third-order valence-corrected chi connectivity index (χ3v) is 3.62. The highest BCUT2D eigenvalue weighted by Crippen LogP contribution is 2.23. The van der Waals surface area contributed by atoms with Crippen LogP contribution < -0.4 is 5.32 Å². The van der Waals surface area contributed by atoms with Crippen molar-refractivity contribution in [2.45, 2.75) is 19.5 Å². The minimum Gasteiger partial charge on any atom is -0.347 e. The molecule has 1 aromatic carbocycles. The molecule has 1 aromatic rings. The maximum atomic E-state index is 11.6. The smallest absolute Gasteiger partial charge is 0.238 e. The highest BCUT2D eigenvalue weighted by atomic mass is 79.9. The zero-order chi connectivity index (χ0) is 13.0. The summed E-state index contributed by atoms with van der Waals surface area (Å²) in [5.41, 5.74) is 1.08. The highest BCUT2D eigenvalue weighted by molar-refractivity contribution is 9.10. The second-order valence-corrected chi connectivity index (χ2v) is 5.35. The van der Waals surface area contributed by atoms with E-state index in [4.69, 9.17) is 11.6 Å². The van der Waals surface area contributed by atoms with E-state index in [9.17, 15) is 4.79 Å². The van der Waals surface area contributed by atoms with Crippen LogP contribution >= 0.6 is 27.5 Å². The Morgan fingerprint density at radius 1 is 1.53 bits per heavy atom. The molecule has 5 heteroatoms. The lowest BCUT2D eigenvalue weighted by Gasteiger charge is -2.18. The number of nitrogens with zero attached hydrogens (tertiary/aromatic N) is 1. The van der Waals surface area contributed by atoms with E-state index in [1.165, 1.54) is 0 Å². The molecule has 0 aromatic heterocycles. The molecule has 1 atom stereocenters. The van der Waals surface area contributed by atoms with Gasteiger partial charge in [0.05, 0.1) is 11.1 Å². The first-order chi connectivity index (χ1) is 7.91. The summed E-state index contributed by atoms with van der Waals surface area (Å²) < 4.78 is 0.866. The minimum atomic E-state index is -0.195. The molecule has 0 aliphatic rings. The van der Waals surface area contributed by atoms with Crippen LogP contribution in [-0.4, -0.2) is 30.9 Å². The third kappa shape index (κ3) is 4.30. The molecule has 1 amide bonds. The largest absolute Gasteiger partial charge is 0.347 e. The first-order valence-corrected chi connectivity index (χ1v) is 6.47. The Kier molecular flexibility index (Phi) is 5.43. The molecule has 0 radical (unpaired) electrons. The normalized spacial score (nSPS) is 12.3. The van der Waals surface area contributed by atoms with Crippen LogP contribution in [0.2, 0.25) is 5.02 Å². The Labute approximate surface area is 115 Å². The van der Waals surface area contributed by atoms with Gasteiger partial charge >= 0.3 is 0 Å². The van der Waals surface area contributed by atoms with Crippen LogP contribution in [0.25, 0.3) is 0 Å². The van der Waals surface area contributed by atoms with E-state index >= 15 is 0 Å².